The van der Waals surface area contributed by atoms with Crippen molar-refractivity contribution in [2.75, 3.05) is 6.54 Å². The summed E-state index contributed by atoms with van der Waals surface area (Å²) in [4.78, 5) is 24.7. The molecule has 1 heterocycles. The van der Waals surface area contributed by atoms with Gasteiger partial charge in [-0.05, 0) is 17.4 Å². The summed E-state index contributed by atoms with van der Waals surface area (Å²) < 4.78 is 5.31. The summed E-state index contributed by atoms with van der Waals surface area (Å²) in [6.45, 7) is 4.80. The van der Waals surface area contributed by atoms with Gasteiger partial charge in [0.05, 0.1) is 6.42 Å². The highest BCUT2D eigenvalue weighted by molar-refractivity contribution is 5.72. The molecular weight excluding hydrogens is 270 g/mol. The van der Waals surface area contributed by atoms with Gasteiger partial charge in [-0.15, -0.1) is 0 Å². The third-order valence-electron chi connectivity index (χ3n) is 3.68. The number of carboxylic acids is 1. The third-order valence-corrected chi connectivity index (χ3v) is 3.68. The molecule has 0 saturated carbocycles. The van der Waals surface area contributed by atoms with E-state index in [0.29, 0.717) is 13.0 Å². The van der Waals surface area contributed by atoms with Crippen LogP contribution in [0.4, 0.5) is 4.79 Å². The van der Waals surface area contributed by atoms with Gasteiger partial charge in [0.2, 0.25) is 0 Å². The van der Waals surface area contributed by atoms with Crippen LogP contribution in [-0.2, 0) is 16.1 Å². The number of carbonyl (C=O) groups excluding carboxylic acids is 1. The summed E-state index contributed by atoms with van der Waals surface area (Å²) >= 11 is 0. The molecule has 0 aromatic heterocycles. The van der Waals surface area contributed by atoms with Crippen molar-refractivity contribution in [3.05, 3.63) is 35.9 Å². The lowest BCUT2D eigenvalue weighted by Crippen LogP contribution is -2.37. The molecule has 5 nitrogen and oxygen atoms in total. The summed E-state index contributed by atoms with van der Waals surface area (Å²) in [6.07, 6.45) is 0.208. The molecule has 0 aliphatic carbocycles. The van der Waals surface area contributed by atoms with Crippen LogP contribution in [0.2, 0.25) is 0 Å². The minimum absolute atomic E-state index is 0.0378. The van der Waals surface area contributed by atoms with Crippen molar-refractivity contribution >= 4 is 12.1 Å². The molecule has 1 aliphatic rings. The quantitative estimate of drug-likeness (QED) is 0.926. The van der Waals surface area contributed by atoms with Gasteiger partial charge < -0.3 is 14.7 Å². The van der Waals surface area contributed by atoms with E-state index in [0.717, 1.165) is 5.56 Å². The molecule has 21 heavy (non-hydrogen) atoms. The van der Waals surface area contributed by atoms with Gasteiger partial charge in [0.15, 0.2) is 0 Å². The average Bonchev–Trinajstić information content (AvgIpc) is 2.71. The zero-order chi connectivity index (χ0) is 15.5. The first-order chi connectivity index (χ1) is 9.87. The zero-order valence-corrected chi connectivity index (χ0v) is 12.4. The number of carboxylic acid groups (broad SMARTS) is 1. The van der Waals surface area contributed by atoms with Crippen LogP contribution in [0.25, 0.3) is 0 Å². The number of likely N-dealkylation sites (tertiary alicyclic amines) is 1. The third kappa shape index (κ3) is 4.21. The lowest BCUT2D eigenvalue weighted by Gasteiger charge is -2.23. The summed E-state index contributed by atoms with van der Waals surface area (Å²) in [5.74, 6) is -0.890. The predicted molar refractivity (Wildman–Crippen MR) is 77.8 cm³/mol. The van der Waals surface area contributed by atoms with Crippen molar-refractivity contribution < 1.29 is 19.4 Å². The van der Waals surface area contributed by atoms with Crippen LogP contribution < -0.4 is 0 Å². The Labute approximate surface area is 124 Å². The number of benzene rings is 1. The number of carbonyl (C=O) groups is 2. The van der Waals surface area contributed by atoms with Gasteiger partial charge in [0.1, 0.15) is 6.61 Å². The second-order valence-corrected chi connectivity index (χ2v) is 6.29. The highest BCUT2D eigenvalue weighted by Crippen LogP contribution is 2.35. The van der Waals surface area contributed by atoms with E-state index in [1.807, 2.05) is 44.2 Å². The summed E-state index contributed by atoms with van der Waals surface area (Å²) in [6, 6.07) is 9.15. The first kappa shape index (κ1) is 15.4. The Bertz CT molecular complexity index is 512. The van der Waals surface area contributed by atoms with Crippen molar-refractivity contribution in [2.45, 2.75) is 39.3 Å². The maximum Gasteiger partial charge on any atom is 0.410 e. The molecule has 0 bridgehead atoms. The van der Waals surface area contributed by atoms with Gasteiger partial charge in [0, 0.05) is 12.6 Å². The number of rotatable bonds is 4. The van der Waals surface area contributed by atoms with Crippen molar-refractivity contribution in [3.63, 3.8) is 0 Å². The van der Waals surface area contributed by atoms with Gasteiger partial charge in [0.25, 0.3) is 0 Å². The number of aliphatic carboxylic acids is 1. The Morgan fingerprint density at radius 2 is 2.00 bits per heavy atom. The molecule has 0 radical (unpaired) electrons. The van der Waals surface area contributed by atoms with E-state index in [1.165, 1.54) is 0 Å². The zero-order valence-electron chi connectivity index (χ0n) is 12.4. The maximum absolute atomic E-state index is 12.2. The monoisotopic (exact) mass is 291 g/mol. The van der Waals surface area contributed by atoms with E-state index in [4.69, 9.17) is 9.84 Å². The minimum atomic E-state index is -0.890. The molecule has 1 atom stereocenters. The SMILES string of the molecule is CC1(C)CC(CC(=O)O)N(C(=O)OCc2ccccc2)C1. The van der Waals surface area contributed by atoms with Gasteiger partial charge in [-0.3, -0.25) is 4.79 Å². The number of nitrogens with zero attached hydrogens (tertiary/aromatic N) is 1. The molecular formula is C16H21NO4. The molecule has 2 rings (SSSR count). The first-order valence-electron chi connectivity index (χ1n) is 7.06. The summed E-state index contributed by atoms with van der Waals surface area (Å²) in [5.41, 5.74) is 0.838. The van der Waals surface area contributed by atoms with Crippen molar-refractivity contribution in [3.8, 4) is 0 Å². The largest absolute Gasteiger partial charge is 0.481 e. The fraction of sp³-hybridized carbons (Fsp3) is 0.500. The summed E-state index contributed by atoms with van der Waals surface area (Å²) in [5, 5.41) is 8.97. The van der Waals surface area contributed by atoms with Crippen LogP contribution in [-0.4, -0.2) is 34.7 Å². The lowest BCUT2D eigenvalue weighted by molar-refractivity contribution is -0.138. The maximum atomic E-state index is 12.2. The Morgan fingerprint density at radius 3 is 2.62 bits per heavy atom. The molecule has 1 amide bonds. The fourth-order valence-electron chi connectivity index (χ4n) is 2.80. The van der Waals surface area contributed by atoms with Crippen molar-refractivity contribution in [1.29, 1.82) is 0 Å². The second-order valence-electron chi connectivity index (χ2n) is 6.29. The molecule has 0 spiro atoms. The van der Waals surface area contributed by atoms with Gasteiger partial charge in [-0.1, -0.05) is 44.2 Å². The average molecular weight is 291 g/mol. The molecule has 5 heteroatoms. The van der Waals surface area contributed by atoms with Crippen LogP contribution in [0, 0.1) is 5.41 Å². The molecule has 114 valence electrons. The van der Waals surface area contributed by atoms with E-state index in [-0.39, 0.29) is 24.5 Å². The summed E-state index contributed by atoms with van der Waals surface area (Å²) in [7, 11) is 0. The minimum Gasteiger partial charge on any atom is -0.481 e. The van der Waals surface area contributed by atoms with Crippen molar-refractivity contribution in [1.82, 2.24) is 4.90 Å². The van der Waals surface area contributed by atoms with Crippen molar-refractivity contribution in [2.24, 2.45) is 5.41 Å². The highest BCUT2D eigenvalue weighted by atomic mass is 16.6. The van der Waals surface area contributed by atoms with Crippen LogP contribution >= 0.6 is 0 Å². The van der Waals surface area contributed by atoms with Gasteiger partial charge in [-0.2, -0.15) is 0 Å². The van der Waals surface area contributed by atoms with E-state index in [9.17, 15) is 9.59 Å². The normalized spacial score (nSPS) is 20.3. The Balaban J connectivity index is 1.97. The number of ether oxygens (including phenoxy) is 1. The van der Waals surface area contributed by atoms with E-state index < -0.39 is 12.1 Å². The molecule has 1 aliphatic heterocycles. The van der Waals surface area contributed by atoms with Crippen LogP contribution in [0.15, 0.2) is 30.3 Å². The van der Waals surface area contributed by atoms with E-state index >= 15 is 0 Å². The number of hydrogen-bond donors (Lipinski definition) is 1. The predicted octanol–water partition coefficient (Wildman–Crippen LogP) is 2.90. The molecule has 1 N–H and O–H groups in total. The smallest absolute Gasteiger partial charge is 0.410 e. The van der Waals surface area contributed by atoms with Crippen LogP contribution in [0.1, 0.15) is 32.3 Å². The Hall–Kier alpha value is -2.04. The molecule has 1 unspecified atom stereocenters. The lowest BCUT2D eigenvalue weighted by atomic mass is 9.90. The molecule has 1 saturated heterocycles. The number of amides is 1. The molecule has 1 fully saturated rings. The highest BCUT2D eigenvalue weighted by Gasteiger charge is 2.41. The fourth-order valence-corrected chi connectivity index (χ4v) is 2.80. The van der Waals surface area contributed by atoms with E-state index in [1.54, 1.807) is 4.90 Å². The Kier molecular flexibility index (Phi) is 4.50. The molecule has 1 aromatic carbocycles. The topological polar surface area (TPSA) is 66.8 Å². The number of hydrogen-bond acceptors (Lipinski definition) is 3. The van der Waals surface area contributed by atoms with Gasteiger partial charge in [-0.25, -0.2) is 4.79 Å². The first-order valence-corrected chi connectivity index (χ1v) is 7.06. The van der Waals surface area contributed by atoms with E-state index in [2.05, 4.69) is 0 Å². The van der Waals surface area contributed by atoms with Crippen LogP contribution in [0.3, 0.4) is 0 Å². The second kappa shape index (κ2) is 6.16. The molecule has 1 aromatic rings. The van der Waals surface area contributed by atoms with Gasteiger partial charge >= 0.3 is 12.1 Å². The van der Waals surface area contributed by atoms with Crippen LogP contribution in [0.5, 0.6) is 0 Å². The standard InChI is InChI=1S/C16H21NO4/c1-16(2)9-13(8-14(18)19)17(11-16)15(20)21-10-12-6-4-3-5-7-12/h3-7,13H,8-11H2,1-2H3,(H,18,19). The Morgan fingerprint density at radius 1 is 1.33 bits per heavy atom.